The van der Waals surface area contributed by atoms with Crippen molar-refractivity contribution < 1.29 is 14.7 Å². The van der Waals surface area contributed by atoms with Crippen LogP contribution < -0.4 is 5.32 Å². The molecule has 1 aliphatic carbocycles. The van der Waals surface area contributed by atoms with Gasteiger partial charge in [-0.1, -0.05) is 18.2 Å². The molecule has 1 amide bonds. The molecule has 5 heteroatoms. The average Bonchev–Trinajstić information content (AvgIpc) is 2.70. The molecule has 2 aromatic rings. The van der Waals surface area contributed by atoms with Crippen LogP contribution in [0.3, 0.4) is 0 Å². The van der Waals surface area contributed by atoms with Crippen LogP contribution in [-0.2, 0) is 16.0 Å². The summed E-state index contributed by atoms with van der Waals surface area (Å²) in [5, 5.41) is 13.0. The second-order valence-electron chi connectivity index (χ2n) is 5.74. The Labute approximate surface area is 122 Å². The molecule has 1 saturated carbocycles. The van der Waals surface area contributed by atoms with E-state index >= 15 is 0 Å². The van der Waals surface area contributed by atoms with Gasteiger partial charge < -0.3 is 15.4 Å². The standard InChI is InChI=1S/C16H18N2O3/c1-10-12(11-5-2-3-6-13(11)17-10)9-14(19)18-16(15(20)21)7-4-8-16/h2-3,5-6,17H,4,7-9H2,1H3,(H,18,19)(H,20,21). The molecule has 21 heavy (non-hydrogen) atoms. The fourth-order valence-corrected chi connectivity index (χ4v) is 2.96. The Morgan fingerprint density at radius 2 is 2.05 bits per heavy atom. The van der Waals surface area contributed by atoms with E-state index < -0.39 is 11.5 Å². The van der Waals surface area contributed by atoms with E-state index in [1.165, 1.54) is 0 Å². The Kier molecular flexibility index (Phi) is 3.20. The normalized spacial score (nSPS) is 16.4. The minimum Gasteiger partial charge on any atom is -0.480 e. The summed E-state index contributed by atoms with van der Waals surface area (Å²) in [6.07, 6.45) is 2.07. The maximum atomic E-state index is 12.2. The number of para-hydroxylation sites is 1. The number of aromatic nitrogens is 1. The summed E-state index contributed by atoms with van der Waals surface area (Å²) in [7, 11) is 0. The third-order valence-electron chi connectivity index (χ3n) is 4.36. The summed E-state index contributed by atoms with van der Waals surface area (Å²) in [6, 6.07) is 7.81. The highest BCUT2D eigenvalue weighted by molar-refractivity contribution is 5.93. The number of amides is 1. The van der Waals surface area contributed by atoms with Crippen LogP contribution in [0.2, 0.25) is 0 Å². The number of nitrogens with one attached hydrogen (secondary N) is 2. The van der Waals surface area contributed by atoms with Gasteiger partial charge in [-0.2, -0.15) is 0 Å². The number of benzene rings is 1. The van der Waals surface area contributed by atoms with E-state index in [1.54, 1.807) is 0 Å². The number of rotatable bonds is 4. The van der Waals surface area contributed by atoms with Crippen LogP contribution in [0.25, 0.3) is 10.9 Å². The number of hydrogen-bond donors (Lipinski definition) is 3. The molecule has 1 aromatic heterocycles. The fourth-order valence-electron chi connectivity index (χ4n) is 2.96. The van der Waals surface area contributed by atoms with Gasteiger partial charge in [-0.05, 0) is 37.8 Å². The zero-order chi connectivity index (χ0) is 15.0. The Morgan fingerprint density at radius 3 is 2.67 bits per heavy atom. The number of H-pyrrole nitrogens is 1. The fraction of sp³-hybridized carbons (Fsp3) is 0.375. The van der Waals surface area contributed by atoms with E-state index in [2.05, 4.69) is 10.3 Å². The molecular formula is C16H18N2O3. The van der Waals surface area contributed by atoms with Gasteiger partial charge in [0.2, 0.25) is 5.91 Å². The van der Waals surface area contributed by atoms with Gasteiger partial charge in [-0.15, -0.1) is 0 Å². The number of fused-ring (bicyclic) bond motifs is 1. The van der Waals surface area contributed by atoms with Gasteiger partial charge in [0, 0.05) is 16.6 Å². The lowest BCUT2D eigenvalue weighted by atomic mass is 9.76. The van der Waals surface area contributed by atoms with E-state index in [0.717, 1.165) is 28.6 Å². The molecule has 0 aliphatic heterocycles. The van der Waals surface area contributed by atoms with Crippen LogP contribution in [0.5, 0.6) is 0 Å². The molecule has 0 saturated heterocycles. The summed E-state index contributed by atoms with van der Waals surface area (Å²) in [5.41, 5.74) is 1.83. The van der Waals surface area contributed by atoms with Crippen LogP contribution in [0.1, 0.15) is 30.5 Å². The van der Waals surface area contributed by atoms with Crippen molar-refractivity contribution >= 4 is 22.8 Å². The lowest BCUT2D eigenvalue weighted by Crippen LogP contribution is -2.59. The van der Waals surface area contributed by atoms with Gasteiger partial charge >= 0.3 is 5.97 Å². The third-order valence-corrected chi connectivity index (χ3v) is 4.36. The van der Waals surface area contributed by atoms with Crippen molar-refractivity contribution in [3.05, 3.63) is 35.5 Å². The maximum absolute atomic E-state index is 12.2. The zero-order valence-corrected chi connectivity index (χ0v) is 11.9. The lowest BCUT2D eigenvalue weighted by Gasteiger charge is -2.38. The molecule has 110 valence electrons. The third kappa shape index (κ3) is 2.28. The number of hydrogen-bond acceptors (Lipinski definition) is 2. The number of carboxylic acid groups (broad SMARTS) is 1. The number of aromatic amines is 1. The molecule has 0 spiro atoms. The van der Waals surface area contributed by atoms with Crippen molar-refractivity contribution in [2.75, 3.05) is 0 Å². The van der Waals surface area contributed by atoms with Gasteiger partial charge in [-0.25, -0.2) is 4.79 Å². The summed E-state index contributed by atoms with van der Waals surface area (Å²) in [4.78, 5) is 26.8. The second kappa shape index (κ2) is 4.91. The summed E-state index contributed by atoms with van der Waals surface area (Å²) >= 11 is 0. The number of aryl methyl sites for hydroxylation is 1. The molecule has 0 radical (unpaired) electrons. The maximum Gasteiger partial charge on any atom is 0.329 e. The van der Waals surface area contributed by atoms with E-state index in [4.69, 9.17) is 0 Å². The van der Waals surface area contributed by atoms with Crippen LogP contribution in [0.4, 0.5) is 0 Å². The van der Waals surface area contributed by atoms with E-state index in [9.17, 15) is 14.7 Å². The quantitative estimate of drug-likeness (QED) is 0.805. The van der Waals surface area contributed by atoms with Crippen molar-refractivity contribution in [3.8, 4) is 0 Å². The molecule has 0 atom stereocenters. The molecule has 1 aliphatic rings. The molecule has 1 fully saturated rings. The first-order chi connectivity index (χ1) is 10.0. The summed E-state index contributed by atoms with van der Waals surface area (Å²) in [5.74, 6) is -1.16. The average molecular weight is 286 g/mol. The first kappa shape index (κ1) is 13.7. The number of aliphatic carboxylic acids is 1. The van der Waals surface area contributed by atoms with Crippen molar-refractivity contribution in [1.82, 2.24) is 10.3 Å². The molecule has 5 nitrogen and oxygen atoms in total. The molecule has 0 unspecified atom stereocenters. The molecule has 0 bridgehead atoms. The lowest BCUT2D eigenvalue weighted by molar-refractivity contribution is -0.151. The van der Waals surface area contributed by atoms with Crippen LogP contribution in [0, 0.1) is 6.92 Å². The molecular weight excluding hydrogens is 268 g/mol. The predicted octanol–water partition coefficient (Wildman–Crippen LogP) is 2.14. The topological polar surface area (TPSA) is 82.2 Å². The highest BCUT2D eigenvalue weighted by Crippen LogP contribution is 2.32. The van der Waals surface area contributed by atoms with E-state index in [-0.39, 0.29) is 12.3 Å². The van der Waals surface area contributed by atoms with Crippen LogP contribution >= 0.6 is 0 Å². The smallest absolute Gasteiger partial charge is 0.329 e. The van der Waals surface area contributed by atoms with Crippen molar-refractivity contribution in [2.24, 2.45) is 0 Å². The van der Waals surface area contributed by atoms with Crippen LogP contribution in [-0.4, -0.2) is 27.5 Å². The minimum atomic E-state index is -1.04. The zero-order valence-electron chi connectivity index (χ0n) is 11.9. The Morgan fingerprint density at radius 1 is 1.33 bits per heavy atom. The number of carbonyl (C=O) groups excluding carboxylic acids is 1. The molecule has 3 N–H and O–H groups in total. The number of carboxylic acids is 1. The SMILES string of the molecule is Cc1[nH]c2ccccc2c1CC(=O)NC1(C(=O)O)CCC1. The Hall–Kier alpha value is -2.30. The van der Waals surface area contributed by atoms with Crippen molar-refractivity contribution in [3.63, 3.8) is 0 Å². The van der Waals surface area contributed by atoms with Gasteiger partial charge in [0.05, 0.1) is 6.42 Å². The first-order valence-electron chi connectivity index (χ1n) is 7.12. The van der Waals surface area contributed by atoms with Gasteiger partial charge in [0.25, 0.3) is 0 Å². The molecule has 3 rings (SSSR count). The summed E-state index contributed by atoms with van der Waals surface area (Å²) in [6.45, 7) is 1.93. The molecule has 1 aromatic carbocycles. The van der Waals surface area contributed by atoms with Crippen molar-refractivity contribution in [2.45, 2.75) is 38.1 Å². The van der Waals surface area contributed by atoms with Gasteiger partial charge in [-0.3, -0.25) is 4.79 Å². The molecule has 1 heterocycles. The minimum absolute atomic E-state index is 0.199. The highest BCUT2D eigenvalue weighted by atomic mass is 16.4. The van der Waals surface area contributed by atoms with Crippen molar-refractivity contribution in [1.29, 1.82) is 0 Å². The Balaban J connectivity index is 1.81. The predicted molar refractivity (Wildman–Crippen MR) is 79.1 cm³/mol. The van der Waals surface area contributed by atoms with Gasteiger partial charge in [0.15, 0.2) is 0 Å². The highest BCUT2D eigenvalue weighted by Gasteiger charge is 2.45. The Bertz CT molecular complexity index is 713. The second-order valence-corrected chi connectivity index (χ2v) is 5.74. The number of carbonyl (C=O) groups is 2. The van der Waals surface area contributed by atoms with E-state index in [0.29, 0.717) is 12.8 Å². The van der Waals surface area contributed by atoms with E-state index in [1.807, 2.05) is 31.2 Å². The first-order valence-corrected chi connectivity index (χ1v) is 7.12. The van der Waals surface area contributed by atoms with Gasteiger partial charge in [0.1, 0.15) is 5.54 Å². The van der Waals surface area contributed by atoms with Crippen LogP contribution in [0.15, 0.2) is 24.3 Å². The largest absolute Gasteiger partial charge is 0.480 e. The monoisotopic (exact) mass is 286 g/mol. The summed E-state index contributed by atoms with van der Waals surface area (Å²) < 4.78 is 0.